The number of aliphatic carboxylic acids is 1. The van der Waals surface area contributed by atoms with Crippen molar-refractivity contribution in [2.75, 3.05) is 38.2 Å². The van der Waals surface area contributed by atoms with Crippen LogP contribution in [0.15, 0.2) is 0 Å². The first kappa shape index (κ1) is 17.9. The van der Waals surface area contributed by atoms with Gasteiger partial charge in [-0.3, -0.25) is 14.5 Å². The zero-order chi connectivity index (χ0) is 16.2. The zero-order valence-electron chi connectivity index (χ0n) is 12.8. The summed E-state index contributed by atoms with van der Waals surface area (Å²) in [5.74, 6) is -1.46. The Kier molecular flexibility index (Phi) is 6.15. The first-order chi connectivity index (χ1) is 9.66. The van der Waals surface area contributed by atoms with Crippen LogP contribution in [0.25, 0.3) is 0 Å². The predicted molar refractivity (Wildman–Crippen MR) is 78.7 cm³/mol. The molecule has 7 nitrogen and oxygen atoms in total. The van der Waals surface area contributed by atoms with E-state index in [0.29, 0.717) is 19.5 Å². The molecule has 0 aliphatic carbocycles. The highest BCUT2D eigenvalue weighted by Gasteiger charge is 2.33. The first-order valence-corrected chi connectivity index (χ1v) is 8.89. The predicted octanol–water partition coefficient (Wildman–Crippen LogP) is -0.325. The number of carbonyl (C=O) groups excluding carboxylic acids is 1. The highest BCUT2D eigenvalue weighted by Crippen LogP contribution is 2.16. The Morgan fingerprint density at radius 2 is 2.00 bits per heavy atom. The summed E-state index contributed by atoms with van der Waals surface area (Å²) in [6.45, 7) is 4.44. The average molecular weight is 320 g/mol. The van der Waals surface area contributed by atoms with Crippen molar-refractivity contribution >= 4 is 21.7 Å². The van der Waals surface area contributed by atoms with Crippen LogP contribution in [0.5, 0.6) is 0 Å². The summed E-state index contributed by atoms with van der Waals surface area (Å²) < 4.78 is 22.9. The molecular weight excluding hydrogens is 296 g/mol. The van der Waals surface area contributed by atoms with Crippen LogP contribution in [0.1, 0.15) is 20.3 Å². The maximum atomic E-state index is 12.2. The van der Waals surface area contributed by atoms with Gasteiger partial charge in [-0.2, -0.15) is 0 Å². The van der Waals surface area contributed by atoms with Gasteiger partial charge in [0.05, 0.1) is 24.0 Å². The third-order valence-electron chi connectivity index (χ3n) is 3.91. The largest absolute Gasteiger partial charge is 0.481 e. The third-order valence-corrected chi connectivity index (χ3v) is 5.66. The number of sulfone groups is 1. The van der Waals surface area contributed by atoms with Crippen LogP contribution >= 0.6 is 0 Å². The highest BCUT2D eigenvalue weighted by molar-refractivity contribution is 7.91. The van der Waals surface area contributed by atoms with Crippen LogP contribution in [-0.2, 0) is 19.4 Å². The van der Waals surface area contributed by atoms with Crippen molar-refractivity contribution in [1.29, 1.82) is 0 Å². The van der Waals surface area contributed by atoms with Crippen molar-refractivity contribution in [2.24, 2.45) is 5.92 Å². The van der Waals surface area contributed by atoms with Gasteiger partial charge in [0.25, 0.3) is 0 Å². The molecule has 1 aliphatic heterocycles. The monoisotopic (exact) mass is 320 g/mol. The second-order valence-electron chi connectivity index (χ2n) is 5.63. The molecule has 0 radical (unpaired) electrons. The molecule has 1 aliphatic rings. The highest BCUT2D eigenvalue weighted by atomic mass is 32.2. The number of likely N-dealkylation sites (N-methyl/N-ethyl adjacent to an activating group) is 2. The standard InChI is InChI=1S/C13H24N2O5S/c1-4-15(7-10(2)13(17)18)8-12(16)14(3)11-5-6-21(19,20)9-11/h10-11H,4-9H2,1-3H3,(H,17,18). The van der Waals surface area contributed by atoms with Crippen molar-refractivity contribution in [1.82, 2.24) is 9.80 Å². The second kappa shape index (κ2) is 7.22. The van der Waals surface area contributed by atoms with Gasteiger partial charge in [0.2, 0.25) is 5.91 Å². The molecule has 122 valence electrons. The SMILES string of the molecule is CCN(CC(=O)N(C)C1CCS(=O)(=O)C1)CC(C)C(=O)O. The Morgan fingerprint density at radius 1 is 1.38 bits per heavy atom. The number of carbonyl (C=O) groups is 2. The summed E-state index contributed by atoms with van der Waals surface area (Å²) in [4.78, 5) is 26.3. The fraction of sp³-hybridized carbons (Fsp3) is 0.846. The van der Waals surface area contributed by atoms with E-state index in [9.17, 15) is 18.0 Å². The quantitative estimate of drug-likeness (QED) is 0.690. The minimum absolute atomic E-state index is 0.0207. The molecule has 0 saturated carbocycles. The van der Waals surface area contributed by atoms with Crippen LogP contribution in [0.4, 0.5) is 0 Å². The van der Waals surface area contributed by atoms with E-state index < -0.39 is 21.7 Å². The average Bonchev–Trinajstić information content (AvgIpc) is 2.76. The van der Waals surface area contributed by atoms with E-state index in [1.807, 2.05) is 6.92 Å². The van der Waals surface area contributed by atoms with E-state index in [0.717, 1.165) is 0 Å². The lowest BCUT2D eigenvalue weighted by Gasteiger charge is -2.28. The number of carboxylic acid groups (broad SMARTS) is 1. The Balaban J connectivity index is 2.56. The minimum atomic E-state index is -3.02. The second-order valence-corrected chi connectivity index (χ2v) is 7.86. The van der Waals surface area contributed by atoms with E-state index in [2.05, 4.69) is 0 Å². The molecule has 0 bridgehead atoms. The summed E-state index contributed by atoms with van der Waals surface area (Å²) in [5, 5.41) is 8.91. The Labute approximate surface area is 125 Å². The fourth-order valence-corrected chi connectivity index (χ4v) is 4.13. The minimum Gasteiger partial charge on any atom is -0.481 e. The van der Waals surface area contributed by atoms with Crippen molar-refractivity contribution in [3.8, 4) is 0 Å². The number of rotatable bonds is 7. The molecule has 1 N–H and O–H groups in total. The topological polar surface area (TPSA) is 95.0 Å². The van der Waals surface area contributed by atoms with Crippen molar-refractivity contribution < 1.29 is 23.1 Å². The maximum Gasteiger partial charge on any atom is 0.307 e. The van der Waals surface area contributed by atoms with Crippen molar-refractivity contribution in [3.05, 3.63) is 0 Å². The lowest BCUT2D eigenvalue weighted by Crippen LogP contribution is -2.45. The van der Waals surface area contributed by atoms with Gasteiger partial charge in [0.15, 0.2) is 9.84 Å². The molecule has 1 fully saturated rings. The van der Waals surface area contributed by atoms with Crippen molar-refractivity contribution in [2.45, 2.75) is 26.3 Å². The fourth-order valence-electron chi connectivity index (χ4n) is 2.36. The summed E-state index contributed by atoms with van der Waals surface area (Å²) in [5.41, 5.74) is 0. The number of hydrogen-bond donors (Lipinski definition) is 1. The van der Waals surface area contributed by atoms with Gasteiger partial charge >= 0.3 is 5.97 Å². The van der Waals surface area contributed by atoms with Crippen LogP contribution in [0.3, 0.4) is 0 Å². The molecule has 8 heteroatoms. The number of nitrogens with zero attached hydrogens (tertiary/aromatic N) is 2. The Hall–Kier alpha value is -1.15. The third kappa shape index (κ3) is 5.28. The molecule has 0 spiro atoms. The molecule has 2 unspecified atom stereocenters. The molecule has 2 atom stereocenters. The Morgan fingerprint density at radius 3 is 2.43 bits per heavy atom. The van der Waals surface area contributed by atoms with Gasteiger partial charge in [-0.05, 0) is 13.0 Å². The lowest BCUT2D eigenvalue weighted by atomic mass is 10.1. The summed E-state index contributed by atoms with van der Waals surface area (Å²) >= 11 is 0. The van der Waals surface area contributed by atoms with E-state index >= 15 is 0 Å². The van der Waals surface area contributed by atoms with Crippen LogP contribution in [0.2, 0.25) is 0 Å². The summed E-state index contributed by atoms with van der Waals surface area (Å²) in [7, 11) is -1.41. The molecule has 1 heterocycles. The smallest absolute Gasteiger partial charge is 0.307 e. The number of amides is 1. The first-order valence-electron chi connectivity index (χ1n) is 7.07. The molecule has 1 amide bonds. The maximum absolute atomic E-state index is 12.2. The molecule has 1 rings (SSSR count). The summed E-state index contributed by atoms with van der Waals surface area (Å²) in [6.07, 6.45) is 0.474. The lowest BCUT2D eigenvalue weighted by molar-refractivity contribution is -0.142. The van der Waals surface area contributed by atoms with Crippen LogP contribution in [-0.4, -0.2) is 79.4 Å². The number of hydrogen-bond acceptors (Lipinski definition) is 5. The van der Waals surface area contributed by atoms with E-state index in [4.69, 9.17) is 5.11 Å². The van der Waals surface area contributed by atoms with Crippen LogP contribution < -0.4 is 0 Å². The van der Waals surface area contributed by atoms with Gasteiger partial charge in [-0.1, -0.05) is 13.8 Å². The molecule has 0 aromatic heterocycles. The van der Waals surface area contributed by atoms with Gasteiger partial charge < -0.3 is 10.0 Å². The van der Waals surface area contributed by atoms with Gasteiger partial charge in [-0.15, -0.1) is 0 Å². The summed E-state index contributed by atoms with van der Waals surface area (Å²) in [6, 6.07) is -0.266. The molecule has 0 aromatic carbocycles. The molecule has 0 aromatic rings. The normalized spacial score (nSPS) is 22.2. The van der Waals surface area contributed by atoms with Gasteiger partial charge in [0, 0.05) is 19.6 Å². The van der Waals surface area contributed by atoms with Gasteiger partial charge in [0.1, 0.15) is 0 Å². The molecule has 21 heavy (non-hydrogen) atoms. The van der Waals surface area contributed by atoms with Crippen molar-refractivity contribution in [3.63, 3.8) is 0 Å². The van der Waals surface area contributed by atoms with Gasteiger partial charge in [-0.25, -0.2) is 8.42 Å². The van der Waals surface area contributed by atoms with E-state index in [-0.39, 0.29) is 30.0 Å². The number of carboxylic acids is 1. The molecule has 1 saturated heterocycles. The van der Waals surface area contributed by atoms with Crippen LogP contribution in [0, 0.1) is 5.92 Å². The Bertz CT molecular complexity index is 491. The van der Waals surface area contributed by atoms with E-state index in [1.165, 1.54) is 4.90 Å². The van der Waals surface area contributed by atoms with E-state index in [1.54, 1.807) is 18.9 Å². The zero-order valence-corrected chi connectivity index (χ0v) is 13.6. The molecular formula is C13H24N2O5S.